The van der Waals surface area contributed by atoms with Crippen LogP contribution in [-0.2, 0) is 31.1 Å². The van der Waals surface area contributed by atoms with Crippen LogP contribution in [0.25, 0.3) is 0 Å². The van der Waals surface area contributed by atoms with E-state index in [4.69, 9.17) is 17.3 Å². The molecule has 2 fully saturated rings. The Kier molecular flexibility index (Phi) is 4.79. The van der Waals surface area contributed by atoms with Crippen LogP contribution in [0, 0.1) is 11.8 Å². The van der Waals surface area contributed by atoms with E-state index in [1.165, 1.54) is 4.90 Å². The lowest BCUT2D eigenvalue weighted by molar-refractivity contribution is -0.142. The van der Waals surface area contributed by atoms with Crippen LogP contribution >= 0.6 is 11.6 Å². The van der Waals surface area contributed by atoms with Gasteiger partial charge in [0.1, 0.15) is 5.54 Å². The number of anilines is 1. The van der Waals surface area contributed by atoms with Gasteiger partial charge in [0.05, 0.1) is 11.8 Å². The Labute approximate surface area is 189 Å². The van der Waals surface area contributed by atoms with Crippen LogP contribution in [0.15, 0.2) is 48.5 Å². The van der Waals surface area contributed by atoms with Crippen LogP contribution < -0.4 is 16.4 Å². The summed E-state index contributed by atoms with van der Waals surface area (Å²) in [5.41, 5.74) is 5.96. The number of nitrogens with one attached hydrogen (secondary N) is 2. The second-order valence-electron chi connectivity index (χ2n) is 8.44. The van der Waals surface area contributed by atoms with E-state index in [1.54, 1.807) is 18.2 Å². The van der Waals surface area contributed by atoms with E-state index in [9.17, 15) is 19.2 Å². The van der Waals surface area contributed by atoms with Crippen LogP contribution in [0.1, 0.15) is 17.5 Å². The van der Waals surface area contributed by atoms with E-state index < -0.39 is 47.0 Å². The average molecular weight is 453 g/mol. The SMILES string of the molecule is NC(=O)C[C@H]1N[C@@]2(C(=O)Nc3ccc(Cl)cc32)[C@@H]2C(=O)N(CCc3ccccc3)C(=O)[C@H]21. The van der Waals surface area contributed by atoms with Crippen molar-refractivity contribution in [3.63, 3.8) is 0 Å². The Morgan fingerprint density at radius 2 is 1.84 bits per heavy atom. The maximum absolute atomic E-state index is 13.6. The molecule has 9 heteroatoms. The quantitative estimate of drug-likeness (QED) is 0.588. The molecule has 0 bridgehead atoms. The number of nitrogens with two attached hydrogens (primary N) is 1. The number of carbonyl (C=O) groups is 4. The smallest absolute Gasteiger partial charge is 0.250 e. The molecule has 0 saturated carbocycles. The van der Waals surface area contributed by atoms with Gasteiger partial charge in [-0.3, -0.25) is 29.4 Å². The molecule has 0 radical (unpaired) electrons. The second-order valence-corrected chi connectivity index (χ2v) is 8.88. The van der Waals surface area contributed by atoms with Crippen LogP contribution in [0.5, 0.6) is 0 Å². The maximum atomic E-state index is 13.6. The number of likely N-dealkylation sites (tertiary alicyclic amines) is 1. The van der Waals surface area contributed by atoms with Gasteiger partial charge in [-0.1, -0.05) is 41.9 Å². The van der Waals surface area contributed by atoms with E-state index in [0.29, 0.717) is 22.7 Å². The van der Waals surface area contributed by atoms with Gasteiger partial charge in [-0.05, 0) is 30.2 Å². The molecule has 3 aliphatic rings. The Morgan fingerprint density at radius 1 is 1.09 bits per heavy atom. The van der Waals surface area contributed by atoms with Crippen molar-refractivity contribution in [3.05, 3.63) is 64.7 Å². The number of hydrogen-bond donors (Lipinski definition) is 3. The molecule has 4 atom stereocenters. The number of hydrogen-bond acceptors (Lipinski definition) is 5. The topological polar surface area (TPSA) is 122 Å². The van der Waals surface area contributed by atoms with Crippen molar-refractivity contribution < 1.29 is 19.2 Å². The van der Waals surface area contributed by atoms with Gasteiger partial charge in [-0.15, -0.1) is 0 Å². The predicted octanol–water partition coefficient (Wildman–Crippen LogP) is 1.18. The molecule has 1 spiro atoms. The largest absolute Gasteiger partial charge is 0.370 e. The first-order valence-electron chi connectivity index (χ1n) is 10.4. The van der Waals surface area contributed by atoms with Gasteiger partial charge in [0, 0.05) is 35.3 Å². The molecule has 8 nitrogen and oxygen atoms in total. The molecule has 0 aromatic heterocycles. The van der Waals surface area contributed by atoms with Crippen molar-refractivity contribution in [2.75, 3.05) is 11.9 Å². The van der Waals surface area contributed by atoms with Crippen LogP contribution in [0.2, 0.25) is 5.02 Å². The molecule has 3 aliphatic heterocycles. The third-order valence-electron chi connectivity index (χ3n) is 6.66. The first-order chi connectivity index (χ1) is 15.3. The van der Waals surface area contributed by atoms with Gasteiger partial charge in [0.2, 0.25) is 23.6 Å². The summed E-state index contributed by atoms with van der Waals surface area (Å²) in [6, 6.07) is 13.7. The molecule has 164 valence electrons. The number of nitrogens with zero attached hydrogens (tertiary/aromatic N) is 1. The van der Waals surface area contributed by atoms with E-state index in [-0.39, 0.29) is 13.0 Å². The summed E-state index contributed by atoms with van der Waals surface area (Å²) in [5.74, 6) is -3.75. The van der Waals surface area contributed by atoms with E-state index in [1.807, 2.05) is 30.3 Å². The number of fused-ring (bicyclic) bond motifs is 4. The van der Waals surface area contributed by atoms with Gasteiger partial charge < -0.3 is 11.1 Å². The highest BCUT2D eigenvalue weighted by Crippen LogP contribution is 2.53. The maximum Gasteiger partial charge on any atom is 0.250 e. The molecule has 2 saturated heterocycles. The number of primary amides is 1. The Bertz CT molecular complexity index is 1150. The highest BCUT2D eigenvalue weighted by molar-refractivity contribution is 6.31. The third kappa shape index (κ3) is 2.94. The van der Waals surface area contributed by atoms with Crippen LogP contribution in [-0.4, -0.2) is 41.1 Å². The lowest BCUT2D eigenvalue weighted by Gasteiger charge is -2.29. The molecule has 32 heavy (non-hydrogen) atoms. The summed E-state index contributed by atoms with van der Waals surface area (Å²) in [4.78, 5) is 53.2. The van der Waals surface area contributed by atoms with Crippen molar-refractivity contribution in [2.24, 2.45) is 17.6 Å². The molecule has 3 heterocycles. The molecule has 2 aromatic carbocycles. The number of amides is 4. The fraction of sp³-hybridized carbons (Fsp3) is 0.304. The number of halogens is 1. The second kappa shape index (κ2) is 7.43. The fourth-order valence-electron chi connectivity index (χ4n) is 5.33. The molecule has 4 amide bonds. The molecular formula is C23H21ClN4O4. The number of benzene rings is 2. The van der Waals surface area contributed by atoms with Crippen molar-refractivity contribution in [2.45, 2.75) is 24.4 Å². The standard InChI is InChI=1S/C23H21ClN4O4/c24-13-6-7-15-14(10-13)23(22(32)26-15)19-18(16(27-23)11-17(25)29)20(30)28(21(19)31)9-8-12-4-2-1-3-5-12/h1-7,10,16,18-19,27H,8-9,11H2,(H2,25,29)(H,26,32)/t16-,18+,19+,23-/m1/s1. The number of rotatable bonds is 5. The van der Waals surface area contributed by atoms with Gasteiger partial charge >= 0.3 is 0 Å². The molecule has 0 unspecified atom stereocenters. The average Bonchev–Trinajstić information content (AvgIpc) is 3.32. The zero-order valence-electron chi connectivity index (χ0n) is 17.0. The highest BCUT2D eigenvalue weighted by atomic mass is 35.5. The predicted molar refractivity (Wildman–Crippen MR) is 116 cm³/mol. The fourth-order valence-corrected chi connectivity index (χ4v) is 5.50. The molecule has 4 N–H and O–H groups in total. The zero-order valence-corrected chi connectivity index (χ0v) is 17.8. The molecule has 5 rings (SSSR count). The summed E-state index contributed by atoms with van der Waals surface area (Å²) < 4.78 is 0. The van der Waals surface area contributed by atoms with Crippen molar-refractivity contribution in [1.82, 2.24) is 10.2 Å². The summed E-state index contributed by atoms with van der Waals surface area (Å²) >= 11 is 6.20. The molecular weight excluding hydrogens is 432 g/mol. The first-order valence-corrected chi connectivity index (χ1v) is 10.8. The van der Waals surface area contributed by atoms with Gasteiger partial charge in [0.15, 0.2) is 0 Å². The summed E-state index contributed by atoms with van der Waals surface area (Å²) in [5, 5.41) is 6.34. The Morgan fingerprint density at radius 3 is 2.56 bits per heavy atom. The zero-order chi connectivity index (χ0) is 22.6. The summed E-state index contributed by atoms with van der Waals surface area (Å²) in [6.45, 7) is 0.193. The van der Waals surface area contributed by atoms with Crippen molar-refractivity contribution >= 4 is 40.9 Å². The van der Waals surface area contributed by atoms with Crippen LogP contribution in [0.4, 0.5) is 5.69 Å². The monoisotopic (exact) mass is 452 g/mol. The first kappa shape index (κ1) is 20.7. The lowest BCUT2D eigenvalue weighted by atomic mass is 9.76. The minimum absolute atomic E-state index is 0.169. The minimum Gasteiger partial charge on any atom is -0.370 e. The molecule has 2 aromatic rings. The Balaban J connectivity index is 1.55. The van der Waals surface area contributed by atoms with E-state index >= 15 is 0 Å². The van der Waals surface area contributed by atoms with Crippen molar-refractivity contribution in [3.8, 4) is 0 Å². The van der Waals surface area contributed by atoms with Gasteiger partial charge in [-0.2, -0.15) is 0 Å². The summed E-state index contributed by atoms with van der Waals surface area (Å²) in [6.07, 6.45) is 0.324. The van der Waals surface area contributed by atoms with Crippen molar-refractivity contribution in [1.29, 1.82) is 0 Å². The van der Waals surface area contributed by atoms with Gasteiger partial charge in [-0.25, -0.2) is 0 Å². The van der Waals surface area contributed by atoms with Crippen LogP contribution in [0.3, 0.4) is 0 Å². The minimum atomic E-state index is -1.49. The lowest BCUT2D eigenvalue weighted by Crippen LogP contribution is -2.53. The normalized spacial score (nSPS) is 28.2. The molecule has 0 aliphatic carbocycles. The Hall–Kier alpha value is -3.23. The summed E-state index contributed by atoms with van der Waals surface area (Å²) in [7, 11) is 0. The van der Waals surface area contributed by atoms with Gasteiger partial charge in [0.25, 0.3) is 0 Å². The number of imide groups is 1. The van der Waals surface area contributed by atoms with E-state index in [0.717, 1.165) is 5.56 Å². The third-order valence-corrected chi connectivity index (χ3v) is 6.89. The number of carbonyl (C=O) groups excluding carboxylic acids is 4. The highest BCUT2D eigenvalue weighted by Gasteiger charge is 2.70. The van der Waals surface area contributed by atoms with E-state index in [2.05, 4.69) is 10.6 Å².